The Balaban J connectivity index is 1.80. The molecule has 0 saturated carbocycles. The Morgan fingerprint density at radius 2 is 1.79 bits per heavy atom. The summed E-state index contributed by atoms with van der Waals surface area (Å²) in [4.78, 5) is 2.51. The van der Waals surface area contributed by atoms with Gasteiger partial charge < -0.3 is 4.57 Å². The third-order valence-corrected chi connectivity index (χ3v) is 5.28. The number of benzene rings is 1. The molecule has 24 heavy (non-hydrogen) atoms. The molecule has 1 aliphatic rings. The van der Waals surface area contributed by atoms with Gasteiger partial charge in [0, 0.05) is 24.7 Å². The first-order valence-corrected chi connectivity index (χ1v) is 9.78. The van der Waals surface area contributed by atoms with Gasteiger partial charge in [-0.05, 0) is 50.0 Å². The van der Waals surface area contributed by atoms with E-state index in [1.807, 2.05) is 6.07 Å². The summed E-state index contributed by atoms with van der Waals surface area (Å²) in [5.41, 5.74) is 2.23. The first kappa shape index (κ1) is 17.5. The Bertz CT molecular complexity index is 639. The van der Waals surface area contributed by atoms with Gasteiger partial charge in [0.05, 0.1) is 5.52 Å². The molecule has 132 valence electrons. The average Bonchev–Trinajstić information content (AvgIpc) is 2.75. The van der Waals surface area contributed by atoms with Gasteiger partial charge in [-0.15, -0.1) is 0 Å². The number of fused-ring (bicyclic) bond motifs is 1. The van der Waals surface area contributed by atoms with Crippen LogP contribution < -0.4 is 0 Å². The van der Waals surface area contributed by atoms with Crippen LogP contribution in [0.15, 0.2) is 24.4 Å². The first-order valence-electron chi connectivity index (χ1n) is 9.78. The van der Waals surface area contributed by atoms with Gasteiger partial charge >= 0.3 is 0 Å². The minimum absolute atomic E-state index is 0.0652. The third kappa shape index (κ3) is 4.18. The second-order valence-corrected chi connectivity index (χ2v) is 7.23. The lowest BCUT2D eigenvalue weighted by Gasteiger charge is -2.19. The van der Waals surface area contributed by atoms with Gasteiger partial charge in [0.25, 0.3) is 0 Å². The normalized spacial score (nSPS) is 16.6. The van der Waals surface area contributed by atoms with Crippen molar-refractivity contribution in [3.05, 3.63) is 35.8 Å². The van der Waals surface area contributed by atoms with Crippen LogP contribution in [0.25, 0.3) is 10.9 Å². The van der Waals surface area contributed by atoms with Crippen LogP contribution in [-0.2, 0) is 13.1 Å². The molecule has 2 nitrogen and oxygen atoms in total. The summed E-state index contributed by atoms with van der Waals surface area (Å²) in [6.45, 7) is 6.42. The van der Waals surface area contributed by atoms with Crippen LogP contribution in [0, 0.1) is 5.82 Å². The number of hydrogen-bond donors (Lipinski definition) is 0. The summed E-state index contributed by atoms with van der Waals surface area (Å²) < 4.78 is 16.8. The summed E-state index contributed by atoms with van der Waals surface area (Å²) in [6, 6.07) is 5.52. The maximum Gasteiger partial charge on any atom is 0.132 e. The predicted octanol–water partition coefficient (Wildman–Crippen LogP) is 5.74. The van der Waals surface area contributed by atoms with Crippen LogP contribution in [0.4, 0.5) is 4.39 Å². The zero-order valence-corrected chi connectivity index (χ0v) is 15.1. The van der Waals surface area contributed by atoms with E-state index in [0.29, 0.717) is 0 Å². The molecule has 0 atom stereocenters. The molecule has 0 unspecified atom stereocenters. The van der Waals surface area contributed by atoms with Crippen molar-refractivity contribution >= 4 is 10.9 Å². The SMILES string of the molecule is CCCCCCn1cc(CN2CCCCCC2)c2c(F)cccc21. The fourth-order valence-electron chi connectivity index (χ4n) is 3.94. The zero-order valence-electron chi connectivity index (χ0n) is 15.1. The van der Waals surface area contributed by atoms with Crippen LogP contribution in [0.1, 0.15) is 63.9 Å². The number of halogens is 1. The number of nitrogens with zero attached hydrogens (tertiary/aromatic N) is 2. The molecule has 1 aliphatic heterocycles. The van der Waals surface area contributed by atoms with Crippen molar-refractivity contribution in [1.29, 1.82) is 0 Å². The molecule has 1 aromatic heterocycles. The van der Waals surface area contributed by atoms with Crippen LogP contribution in [0.3, 0.4) is 0 Å². The number of rotatable bonds is 7. The molecule has 0 bridgehead atoms. The lowest BCUT2D eigenvalue weighted by atomic mass is 10.1. The van der Waals surface area contributed by atoms with E-state index in [1.165, 1.54) is 56.9 Å². The lowest BCUT2D eigenvalue weighted by molar-refractivity contribution is 0.277. The van der Waals surface area contributed by atoms with E-state index in [1.54, 1.807) is 6.07 Å². The zero-order chi connectivity index (χ0) is 16.8. The number of unbranched alkanes of at least 4 members (excludes halogenated alkanes) is 3. The van der Waals surface area contributed by atoms with Crippen molar-refractivity contribution in [3.8, 4) is 0 Å². The minimum atomic E-state index is -0.0652. The van der Waals surface area contributed by atoms with Crippen LogP contribution in [-0.4, -0.2) is 22.6 Å². The highest BCUT2D eigenvalue weighted by molar-refractivity contribution is 5.84. The second-order valence-electron chi connectivity index (χ2n) is 7.23. The molecule has 1 fully saturated rings. The molecule has 0 amide bonds. The average molecular weight is 330 g/mol. The van der Waals surface area contributed by atoms with Crippen molar-refractivity contribution in [3.63, 3.8) is 0 Å². The lowest BCUT2D eigenvalue weighted by Crippen LogP contribution is -2.23. The van der Waals surface area contributed by atoms with Gasteiger partial charge in [-0.25, -0.2) is 4.39 Å². The van der Waals surface area contributed by atoms with Gasteiger partial charge in [-0.1, -0.05) is 45.1 Å². The van der Waals surface area contributed by atoms with Crippen LogP contribution >= 0.6 is 0 Å². The molecular formula is C21H31FN2. The maximum absolute atomic E-state index is 14.5. The van der Waals surface area contributed by atoms with E-state index in [9.17, 15) is 4.39 Å². The quantitative estimate of drug-likeness (QED) is 0.588. The first-order chi connectivity index (χ1) is 11.8. The van der Waals surface area contributed by atoms with Crippen molar-refractivity contribution in [2.45, 2.75) is 71.4 Å². The third-order valence-electron chi connectivity index (χ3n) is 5.28. The Morgan fingerprint density at radius 3 is 2.54 bits per heavy atom. The molecule has 3 heteroatoms. The second kappa shape index (κ2) is 8.66. The summed E-state index contributed by atoms with van der Waals surface area (Å²) in [6.07, 6.45) is 12.4. The Kier molecular flexibility index (Phi) is 6.30. The van der Waals surface area contributed by atoms with Gasteiger partial charge in [-0.3, -0.25) is 4.90 Å². The van der Waals surface area contributed by atoms with Gasteiger partial charge in [0.15, 0.2) is 0 Å². The Morgan fingerprint density at radius 1 is 1.00 bits per heavy atom. The Hall–Kier alpha value is -1.35. The maximum atomic E-state index is 14.5. The molecule has 0 aliphatic carbocycles. The highest BCUT2D eigenvalue weighted by Gasteiger charge is 2.16. The van der Waals surface area contributed by atoms with Gasteiger partial charge in [0.2, 0.25) is 0 Å². The summed E-state index contributed by atoms with van der Waals surface area (Å²) in [5.74, 6) is -0.0652. The molecule has 3 rings (SSSR count). The van der Waals surface area contributed by atoms with Crippen molar-refractivity contribution in [1.82, 2.24) is 9.47 Å². The van der Waals surface area contributed by atoms with Crippen LogP contribution in [0.5, 0.6) is 0 Å². The standard InChI is InChI=1S/C21H31FN2/c1-2-3-4-9-15-24-17-18(16-23-13-7-5-6-8-14-23)21-19(22)11-10-12-20(21)24/h10-12,17H,2-9,13-16H2,1H3. The largest absolute Gasteiger partial charge is 0.347 e. The highest BCUT2D eigenvalue weighted by atomic mass is 19.1. The van der Waals surface area contributed by atoms with Gasteiger partial charge in [0.1, 0.15) is 5.82 Å². The number of aromatic nitrogens is 1. The molecule has 0 radical (unpaired) electrons. The summed E-state index contributed by atoms with van der Waals surface area (Å²) >= 11 is 0. The highest BCUT2D eigenvalue weighted by Crippen LogP contribution is 2.27. The smallest absolute Gasteiger partial charge is 0.132 e. The molecular weight excluding hydrogens is 299 g/mol. The van der Waals surface area contributed by atoms with E-state index >= 15 is 0 Å². The predicted molar refractivity (Wildman–Crippen MR) is 99.8 cm³/mol. The van der Waals surface area contributed by atoms with Gasteiger partial charge in [-0.2, -0.15) is 0 Å². The van der Waals surface area contributed by atoms with Crippen molar-refractivity contribution < 1.29 is 4.39 Å². The molecule has 1 saturated heterocycles. The molecule has 2 heterocycles. The summed E-state index contributed by atoms with van der Waals surface area (Å²) in [7, 11) is 0. The number of likely N-dealkylation sites (tertiary alicyclic amines) is 1. The van der Waals surface area contributed by atoms with Crippen molar-refractivity contribution in [2.24, 2.45) is 0 Å². The summed E-state index contributed by atoms with van der Waals surface area (Å²) in [5, 5.41) is 0.845. The minimum Gasteiger partial charge on any atom is -0.347 e. The van der Waals surface area contributed by atoms with E-state index in [4.69, 9.17) is 0 Å². The molecule has 2 aromatic rings. The fourth-order valence-corrected chi connectivity index (χ4v) is 3.94. The molecule has 1 aromatic carbocycles. The molecule has 0 N–H and O–H groups in total. The van der Waals surface area contributed by atoms with E-state index in [2.05, 4.69) is 28.7 Å². The van der Waals surface area contributed by atoms with Crippen LogP contribution in [0.2, 0.25) is 0 Å². The topological polar surface area (TPSA) is 8.17 Å². The van der Waals surface area contributed by atoms with E-state index in [0.717, 1.165) is 37.1 Å². The number of hydrogen-bond acceptors (Lipinski definition) is 1. The monoisotopic (exact) mass is 330 g/mol. The van der Waals surface area contributed by atoms with Crippen molar-refractivity contribution in [2.75, 3.05) is 13.1 Å². The van der Waals surface area contributed by atoms with E-state index in [-0.39, 0.29) is 5.82 Å². The molecule has 0 spiro atoms. The van der Waals surface area contributed by atoms with E-state index < -0.39 is 0 Å². The Labute approximate surface area is 145 Å². The fraction of sp³-hybridized carbons (Fsp3) is 0.619. The number of aryl methyl sites for hydroxylation is 1.